The quantitative estimate of drug-likeness (QED) is 0.172. The minimum Gasteiger partial charge on any atom is -0.469 e. The molecule has 80 heavy (non-hydrogen) atoms. The van der Waals surface area contributed by atoms with Gasteiger partial charge in [-0.1, -0.05) is 98.9 Å². The Morgan fingerprint density at radius 2 is 1.20 bits per heavy atom. The fourth-order valence-electron chi connectivity index (χ4n) is 11.4. The van der Waals surface area contributed by atoms with Gasteiger partial charge in [0.05, 0.1) is 80.7 Å². The number of cyclic esters (lactones) is 1. The standard InChI is InChI=1S/C58H90O22/c1-33-22-20-18-16-14-12-10-11-13-15-17-19-21-23-40(77-52-50(68)41(49(67)36(4)76-52)31-58(73)54(6,71)55(7)53(5,70)56(8,79-55)80-58)29-45-47(51(69)74-9)44(64)32-57(72,78-45)30-39(61)27-43(63)42(62)25-24-37(59)26-38(60)28-46(65)75-35(3)34(2)48(33)66/h10-23,33-45,47-50,52,59-64,66-68,70-73H,24-32H2,1-9H3/b11-10+,14-12+,15-13+,18-16+,19-17+,22-20+,23-21+/t33?,34?,35?,36?,37-,38-,39+,40?,41?,42-,43-,44?,45+,47-,48-,49?,50?,52?,53?,54?,55?,56?,57-,58?/m1/s1. The number of rotatable bonds is 5. The molecule has 0 amide bonds. The Morgan fingerprint density at radius 1 is 0.625 bits per heavy atom. The molecule has 0 radical (unpaired) electrons. The normalized spacial score (nSPS) is 50.0. The number of hydrogen-bond donors (Lipinski definition) is 13. The minimum atomic E-state index is -2.52. The number of fused-ring (bicyclic) bond motifs is 4. The lowest BCUT2D eigenvalue weighted by Crippen LogP contribution is -2.94. The van der Waals surface area contributed by atoms with Crippen molar-refractivity contribution < 1.29 is 109 Å². The molecule has 24 atom stereocenters. The number of esters is 2. The van der Waals surface area contributed by atoms with Gasteiger partial charge in [0.1, 0.15) is 34.9 Å². The van der Waals surface area contributed by atoms with Crippen LogP contribution in [0.2, 0.25) is 0 Å². The van der Waals surface area contributed by atoms with Crippen molar-refractivity contribution in [3.63, 3.8) is 0 Å². The van der Waals surface area contributed by atoms with Gasteiger partial charge in [-0.2, -0.15) is 0 Å². The molecule has 6 rings (SSSR count). The minimum absolute atomic E-state index is 0.131. The van der Waals surface area contributed by atoms with E-state index in [0.29, 0.717) is 0 Å². The predicted molar refractivity (Wildman–Crippen MR) is 287 cm³/mol. The summed E-state index contributed by atoms with van der Waals surface area (Å²) in [7, 11) is 1.09. The van der Waals surface area contributed by atoms with Crippen molar-refractivity contribution >= 4 is 11.9 Å². The lowest BCUT2D eigenvalue weighted by Gasteiger charge is -2.75. The summed E-state index contributed by atoms with van der Waals surface area (Å²) in [6.45, 7) is 12.1. The molecule has 5 fully saturated rings. The third kappa shape index (κ3) is 15.6. The number of carbonyl (C=O) groups excluding carboxylic acids is 2. The summed E-state index contributed by atoms with van der Waals surface area (Å²) in [6.07, 6.45) is 1.26. The summed E-state index contributed by atoms with van der Waals surface area (Å²) in [5.74, 6) is -11.9. The van der Waals surface area contributed by atoms with Gasteiger partial charge in [0.15, 0.2) is 12.1 Å². The Kier molecular flexibility index (Phi) is 23.4. The average molecular weight is 1140 g/mol. The lowest BCUT2D eigenvalue weighted by atomic mass is 9.57. The summed E-state index contributed by atoms with van der Waals surface area (Å²) in [5.41, 5.74) is -5.87. The van der Waals surface area contributed by atoms with E-state index in [1.54, 1.807) is 86.8 Å². The molecule has 22 nitrogen and oxygen atoms in total. The van der Waals surface area contributed by atoms with Gasteiger partial charge in [-0.15, -0.1) is 0 Å². The van der Waals surface area contributed by atoms with E-state index in [4.69, 9.17) is 33.2 Å². The first-order valence-electron chi connectivity index (χ1n) is 27.6. The third-order valence-electron chi connectivity index (χ3n) is 17.1. The highest BCUT2D eigenvalue weighted by atomic mass is 16.8. The van der Waals surface area contributed by atoms with Crippen LogP contribution in [0.1, 0.15) is 113 Å². The number of carbonyl (C=O) groups is 2. The van der Waals surface area contributed by atoms with E-state index in [1.165, 1.54) is 40.7 Å². The highest BCUT2D eigenvalue weighted by Crippen LogP contribution is 2.65. The topological polar surface area (TPSA) is 362 Å². The summed E-state index contributed by atoms with van der Waals surface area (Å²) in [5, 5.41) is 147. The molecule has 15 unspecified atom stereocenters. The molecule has 454 valence electrons. The predicted octanol–water partition coefficient (Wildman–Crippen LogP) is 1.21. The van der Waals surface area contributed by atoms with Crippen LogP contribution in [0.5, 0.6) is 0 Å². The maximum Gasteiger partial charge on any atom is 0.313 e. The maximum absolute atomic E-state index is 13.4. The van der Waals surface area contributed by atoms with E-state index in [0.717, 1.165) is 7.11 Å². The first-order valence-corrected chi connectivity index (χ1v) is 27.6. The molecule has 0 saturated carbocycles. The SMILES string of the molecule is COC(=O)[C@@H]1C(O)C[C@@]2(O)C[C@@H](O)C[C@@H](O)[C@H](O)CC[C@@H](O)C[C@@H](O)CC(=O)OC(C)C(C)[C@H](O)C(C)/C=C/C=C/C=C/C=C/C=C/C=C/C=C/C(OC3OC(C)C(O)C(CC4(O)OC5(C)OC(C)(C4(C)O)C5(C)O)C3O)C[C@@H]1O2. The van der Waals surface area contributed by atoms with Crippen molar-refractivity contribution in [3.8, 4) is 0 Å². The number of allylic oxidation sites excluding steroid dienone is 12. The zero-order valence-electron chi connectivity index (χ0n) is 47.3. The summed E-state index contributed by atoms with van der Waals surface area (Å²) in [4.78, 5) is 26.1. The van der Waals surface area contributed by atoms with Gasteiger partial charge in [-0.25, -0.2) is 0 Å². The fourth-order valence-corrected chi connectivity index (χ4v) is 11.4. The molecule has 4 bridgehead atoms. The van der Waals surface area contributed by atoms with Crippen LogP contribution in [0, 0.1) is 23.7 Å². The van der Waals surface area contributed by atoms with Crippen LogP contribution < -0.4 is 0 Å². The van der Waals surface area contributed by atoms with Crippen molar-refractivity contribution in [2.75, 3.05) is 7.11 Å². The van der Waals surface area contributed by atoms with E-state index in [2.05, 4.69) is 0 Å². The van der Waals surface area contributed by atoms with Crippen LogP contribution in [0.25, 0.3) is 0 Å². The maximum atomic E-state index is 13.4. The van der Waals surface area contributed by atoms with E-state index in [9.17, 15) is 76.0 Å². The second-order valence-corrected chi connectivity index (χ2v) is 23.2. The molecular weight excluding hydrogens is 1050 g/mol. The van der Waals surface area contributed by atoms with Crippen LogP contribution in [0.4, 0.5) is 0 Å². The second-order valence-electron chi connectivity index (χ2n) is 23.2. The van der Waals surface area contributed by atoms with Crippen molar-refractivity contribution in [2.24, 2.45) is 23.7 Å². The number of aliphatic hydroxyl groups excluding tert-OH is 9. The average Bonchev–Trinajstić information content (AvgIpc) is 3.41. The van der Waals surface area contributed by atoms with Gasteiger partial charge >= 0.3 is 11.9 Å². The van der Waals surface area contributed by atoms with E-state index in [-0.39, 0.29) is 31.6 Å². The number of ether oxygens (including phenoxy) is 7. The van der Waals surface area contributed by atoms with Gasteiger partial charge < -0.3 is 99.5 Å². The molecule has 13 N–H and O–H groups in total. The molecule has 22 heteroatoms. The van der Waals surface area contributed by atoms with Crippen molar-refractivity contribution in [1.82, 2.24) is 0 Å². The zero-order chi connectivity index (χ0) is 59.8. The van der Waals surface area contributed by atoms with E-state index in [1.807, 2.05) is 13.0 Å². The van der Waals surface area contributed by atoms with Gasteiger partial charge in [-0.05, 0) is 60.8 Å². The van der Waals surface area contributed by atoms with Crippen LogP contribution in [-0.2, 0) is 42.7 Å². The van der Waals surface area contributed by atoms with Gasteiger partial charge in [0.2, 0.25) is 11.6 Å². The summed E-state index contributed by atoms with van der Waals surface area (Å²) in [6, 6.07) is 0. The molecule has 0 spiro atoms. The Morgan fingerprint density at radius 3 is 1.77 bits per heavy atom. The summed E-state index contributed by atoms with van der Waals surface area (Å²) >= 11 is 0. The third-order valence-corrected chi connectivity index (χ3v) is 17.1. The highest BCUT2D eigenvalue weighted by Gasteiger charge is 2.85. The largest absolute Gasteiger partial charge is 0.469 e. The van der Waals surface area contributed by atoms with Gasteiger partial charge in [0, 0.05) is 49.9 Å². The monoisotopic (exact) mass is 1140 g/mol. The van der Waals surface area contributed by atoms with E-state index < -0.39 is 182 Å². The fraction of sp³-hybridized carbons (Fsp3) is 0.724. The van der Waals surface area contributed by atoms with Crippen LogP contribution in [0.3, 0.4) is 0 Å². The Hall–Kier alpha value is -3.60. The molecular formula is C58H90O22. The molecule has 6 aliphatic rings. The molecule has 6 heterocycles. The lowest BCUT2D eigenvalue weighted by molar-refractivity contribution is -0.598. The molecule has 5 saturated heterocycles. The van der Waals surface area contributed by atoms with Crippen LogP contribution >= 0.6 is 0 Å². The Labute approximate surface area is 468 Å². The van der Waals surface area contributed by atoms with Crippen molar-refractivity contribution in [2.45, 2.75) is 233 Å². The molecule has 0 aromatic heterocycles. The first kappa shape index (κ1) is 67.2. The summed E-state index contributed by atoms with van der Waals surface area (Å²) < 4.78 is 40.8. The molecule has 0 aromatic carbocycles. The van der Waals surface area contributed by atoms with Crippen molar-refractivity contribution in [1.29, 1.82) is 0 Å². The first-order chi connectivity index (χ1) is 37.3. The number of methoxy groups -OCH3 is 1. The van der Waals surface area contributed by atoms with Crippen LogP contribution in [-0.4, -0.2) is 205 Å². The highest BCUT2D eigenvalue weighted by molar-refractivity contribution is 5.74. The molecule has 0 aliphatic carbocycles. The number of aliphatic hydroxyl groups is 13. The smallest absolute Gasteiger partial charge is 0.313 e. The van der Waals surface area contributed by atoms with Crippen LogP contribution in [0.15, 0.2) is 85.1 Å². The molecule has 6 aliphatic heterocycles. The zero-order valence-corrected chi connectivity index (χ0v) is 47.3. The van der Waals surface area contributed by atoms with E-state index >= 15 is 0 Å². The Balaban J connectivity index is 1.41. The molecule has 0 aromatic rings. The Bertz CT molecular complexity index is 2240. The number of hydrogen-bond acceptors (Lipinski definition) is 22. The second kappa shape index (κ2) is 27.9. The van der Waals surface area contributed by atoms with Crippen molar-refractivity contribution in [3.05, 3.63) is 85.1 Å². The van der Waals surface area contributed by atoms with Gasteiger partial charge in [0.25, 0.3) is 0 Å². The van der Waals surface area contributed by atoms with Gasteiger partial charge in [-0.3, -0.25) is 9.59 Å².